The van der Waals surface area contributed by atoms with Gasteiger partial charge >= 0.3 is 0 Å². The highest BCUT2D eigenvalue weighted by molar-refractivity contribution is 7.99. The monoisotopic (exact) mass is 482 g/mol. The number of nitrogens with zero attached hydrogens (tertiary/aromatic N) is 4. The molecule has 0 fully saturated rings. The third-order valence-electron chi connectivity index (χ3n) is 5.86. The molecule has 33 heavy (non-hydrogen) atoms. The molecule has 4 heterocycles. The largest absolute Gasteiger partial charge is 0.497 e. The minimum absolute atomic E-state index is 0.0755. The summed E-state index contributed by atoms with van der Waals surface area (Å²) in [5, 5.41) is 10.4. The van der Waals surface area contributed by atoms with Crippen molar-refractivity contribution in [1.82, 2.24) is 19.2 Å². The molecule has 0 spiro atoms. The smallest absolute Gasteiger partial charge is 0.268 e. The molecule has 0 aliphatic carbocycles. The minimum atomic E-state index is -0.0755. The summed E-state index contributed by atoms with van der Waals surface area (Å²) in [5.41, 5.74) is 2.80. The fourth-order valence-electron chi connectivity index (χ4n) is 4.11. The molecule has 1 aliphatic rings. The summed E-state index contributed by atoms with van der Waals surface area (Å²) in [7, 11) is 1.62. The van der Waals surface area contributed by atoms with Crippen LogP contribution >= 0.6 is 23.1 Å². The van der Waals surface area contributed by atoms with Crippen LogP contribution < -0.4 is 10.3 Å². The van der Waals surface area contributed by atoms with Crippen molar-refractivity contribution in [3.8, 4) is 11.4 Å². The Kier molecular flexibility index (Phi) is 5.80. The fraction of sp³-hybridized carbons (Fsp3) is 0.375. The van der Waals surface area contributed by atoms with Crippen molar-refractivity contribution < 1.29 is 9.47 Å². The fourth-order valence-corrected chi connectivity index (χ4v) is 6.19. The van der Waals surface area contributed by atoms with Crippen LogP contribution in [0.2, 0.25) is 0 Å². The number of benzene rings is 1. The van der Waals surface area contributed by atoms with Crippen molar-refractivity contribution in [2.75, 3.05) is 12.9 Å². The molecule has 5 rings (SSSR count). The molecule has 0 N–H and O–H groups in total. The van der Waals surface area contributed by atoms with Gasteiger partial charge in [0.1, 0.15) is 10.6 Å². The van der Waals surface area contributed by atoms with Gasteiger partial charge in [0.15, 0.2) is 5.16 Å². The molecule has 1 atom stereocenters. The highest BCUT2D eigenvalue weighted by Crippen LogP contribution is 2.37. The molecule has 7 nitrogen and oxygen atoms in total. The molecule has 9 heteroatoms. The summed E-state index contributed by atoms with van der Waals surface area (Å²) in [6, 6.07) is 7.45. The second-order valence-electron chi connectivity index (χ2n) is 8.68. The quantitative estimate of drug-likeness (QED) is 0.288. The Morgan fingerprint density at radius 2 is 2.09 bits per heavy atom. The van der Waals surface area contributed by atoms with Crippen molar-refractivity contribution in [3.63, 3.8) is 0 Å². The SMILES string of the molecule is C=C(C)CSc1nnc2n(-c3ccc(OC)cc3)c(=O)c3c4c(sc3n12)CO[C@H](C(C)C)C4. The van der Waals surface area contributed by atoms with E-state index in [1.807, 2.05) is 35.6 Å². The van der Waals surface area contributed by atoms with Gasteiger partial charge in [0, 0.05) is 17.1 Å². The summed E-state index contributed by atoms with van der Waals surface area (Å²) in [6.07, 6.45) is 0.824. The topological polar surface area (TPSA) is 70.7 Å². The Hall–Kier alpha value is -2.62. The predicted octanol–water partition coefficient (Wildman–Crippen LogP) is 4.87. The van der Waals surface area contributed by atoms with Gasteiger partial charge in [-0.3, -0.25) is 4.79 Å². The number of ether oxygens (including phenoxy) is 2. The summed E-state index contributed by atoms with van der Waals surface area (Å²) >= 11 is 3.19. The van der Waals surface area contributed by atoms with Crippen LogP contribution in [0.25, 0.3) is 21.7 Å². The molecule has 0 saturated heterocycles. The van der Waals surface area contributed by atoms with Crippen molar-refractivity contribution in [1.29, 1.82) is 0 Å². The first-order valence-corrected chi connectivity index (χ1v) is 12.7. The number of rotatable bonds is 6. The lowest BCUT2D eigenvalue weighted by Gasteiger charge is -2.26. The second-order valence-corrected chi connectivity index (χ2v) is 10.7. The first kappa shape index (κ1) is 22.2. The Morgan fingerprint density at radius 3 is 2.76 bits per heavy atom. The molecule has 0 saturated carbocycles. The lowest BCUT2D eigenvalue weighted by molar-refractivity contribution is 0.00200. The second kappa shape index (κ2) is 8.62. The van der Waals surface area contributed by atoms with E-state index in [0.29, 0.717) is 18.3 Å². The normalized spacial score (nSPS) is 16.0. The van der Waals surface area contributed by atoms with E-state index in [0.717, 1.165) is 55.0 Å². The van der Waals surface area contributed by atoms with Gasteiger partial charge in [0.05, 0.1) is 30.9 Å². The highest BCUT2D eigenvalue weighted by Gasteiger charge is 2.30. The van der Waals surface area contributed by atoms with E-state index in [9.17, 15) is 4.79 Å². The van der Waals surface area contributed by atoms with Crippen molar-refractivity contribution in [2.45, 2.75) is 45.1 Å². The van der Waals surface area contributed by atoms with Gasteiger partial charge in [0.25, 0.3) is 5.56 Å². The van der Waals surface area contributed by atoms with E-state index in [4.69, 9.17) is 9.47 Å². The zero-order valence-corrected chi connectivity index (χ0v) is 20.8. The lowest BCUT2D eigenvalue weighted by Crippen LogP contribution is -2.28. The number of aromatic nitrogens is 4. The highest BCUT2D eigenvalue weighted by atomic mass is 32.2. The van der Waals surface area contributed by atoms with Crippen LogP contribution in [0.1, 0.15) is 31.2 Å². The van der Waals surface area contributed by atoms with E-state index in [1.165, 1.54) is 0 Å². The average molecular weight is 483 g/mol. The van der Waals surface area contributed by atoms with E-state index in [1.54, 1.807) is 34.8 Å². The van der Waals surface area contributed by atoms with Gasteiger partial charge in [-0.1, -0.05) is 37.8 Å². The van der Waals surface area contributed by atoms with Crippen LogP contribution in [0.5, 0.6) is 5.75 Å². The minimum Gasteiger partial charge on any atom is -0.497 e. The van der Waals surface area contributed by atoms with Crippen LogP contribution in [0, 0.1) is 5.92 Å². The lowest BCUT2D eigenvalue weighted by atomic mass is 9.96. The van der Waals surface area contributed by atoms with Crippen LogP contribution in [0.3, 0.4) is 0 Å². The first-order chi connectivity index (χ1) is 15.9. The summed E-state index contributed by atoms with van der Waals surface area (Å²) in [4.78, 5) is 16.0. The number of methoxy groups -OCH3 is 1. The van der Waals surface area contributed by atoms with Gasteiger partial charge in [-0.15, -0.1) is 21.5 Å². The number of thioether (sulfide) groups is 1. The van der Waals surface area contributed by atoms with Crippen molar-refractivity contribution in [3.05, 3.63) is 57.2 Å². The average Bonchev–Trinajstić information content (AvgIpc) is 3.39. The van der Waals surface area contributed by atoms with Crippen molar-refractivity contribution >= 4 is 39.1 Å². The van der Waals surface area contributed by atoms with Crippen LogP contribution in [0.15, 0.2) is 46.4 Å². The van der Waals surface area contributed by atoms with Crippen LogP contribution in [0.4, 0.5) is 0 Å². The first-order valence-electron chi connectivity index (χ1n) is 10.9. The Bertz CT molecular complexity index is 1420. The van der Waals surface area contributed by atoms with E-state index >= 15 is 0 Å². The number of fused-ring (bicyclic) bond motifs is 5. The van der Waals surface area contributed by atoms with Gasteiger partial charge in [-0.05, 0) is 42.7 Å². The maximum Gasteiger partial charge on any atom is 0.268 e. The van der Waals surface area contributed by atoms with Gasteiger partial charge in [-0.2, -0.15) is 0 Å². The van der Waals surface area contributed by atoms with E-state index in [2.05, 4.69) is 30.6 Å². The molecule has 0 radical (unpaired) electrons. The van der Waals surface area contributed by atoms with E-state index < -0.39 is 0 Å². The van der Waals surface area contributed by atoms with Crippen LogP contribution in [-0.4, -0.2) is 38.1 Å². The van der Waals surface area contributed by atoms with Crippen molar-refractivity contribution in [2.24, 2.45) is 5.92 Å². The Labute approximate surface area is 200 Å². The molecule has 0 amide bonds. The zero-order valence-electron chi connectivity index (χ0n) is 19.1. The third-order valence-corrected chi connectivity index (χ3v) is 8.21. The molecule has 1 aliphatic heterocycles. The zero-order chi connectivity index (χ0) is 23.3. The van der Waals surface area contributed by atoms with Gasteiger partial charge < -0.3 is 9.47 Å². The summed E-state index contributed by atoms with van der Waals surface area (Å²) in [5.74, 6) is 2.33. The van der Waals surface area contributed by atoms with Gasteiger partial charge in [0.2, 0.25) is 5.78 Å². The molecule has 3 aromatic heterocycles. The standard InChI is InChI=1S/C24H26N4O3S2/c1-13(2)12-32-24-26-25-23-27(15-6-8-16(30-5)9-7-15)21(29)20-17-10-18(14(3)4)31-11-19(17)33-22(20)28(23)24/h6-9,14,18H,1,10-12H2,2-5H3/t18-/m0/s1. The molecule has 1 aromatic carbocycles. The molecule has 0 unspecified atom stereocenters. The number of thiophene rings is 1. The summed E-state index contributed by atoms with van der Waals surface area (Å²) < 4.78 is 15.1. The maximum absolute atomic E-state index is 14.0. The number of hydrogen-bond donors (Lipinski definition) is 0. The summed E-state index contributed by atoms with van der Waals surface area (Å²) in [6.45, 7) is 10.8. The molecular formula is C24H26N4O3S2. The molecule has 0 bridgehead atoms. The van der Waals surface area contributed by atoms with Crippen LogP contribution in [-0.2, 0) is 17.8 Å². The molecular weight excluding hydrogens is 456 g/mol. The Morgan fingerprint density at radius 1 is 1.33 bits per heavy atom. The third kappa shape index (κ3) is 3.78. The maximum atomic E-state index is 14.0. The molecule has 4 aromatic rings. The van der Waals surface area contributed by atoms with E-state index in [-0.39, 0.29) is 11.7 Å². The van der Waals surface area contributed by atoms with Gasteiger partial charge in [-0.25, -0.2) is 8.97 Å². The Balaban J connectivity index is 1.81. The predicted molar refractivity (Wildman–Crippen MR) is 133 cm³/mol. The molecule has 172 valence electrons. The number of hydrogen-bond acceptors (Lipinski definition) is 7.